The highest BCUT2D eigenvalue weighted by Gasteiger charge is 2.42. The summed E-state index contributed by atoms with van der Waals surface area (Å²) < 4.78 is 33.9. The average Bonchev–Trinajstić information content (AvgIpc) is 2.34. The first-order valence-electron chi connectivity index (χ1n) is 6.12. The highest BCUT2D eigenvalue weighted by Crippen LogP contribution is 2.29. The molecular formula is C13H19NO4S. The Labute approximate surface area is 113 Å². The molecule has 2 rings (SSSR count). The van der Waals surface area contributed by atoms with Crippen molar-refractivity contribution < 1.29 is 17.9 Å². The second-order valence-corrected chi connectivity index (χ2v) is 6.75. The van der Waals surface area contributed by atoms with Gasteiger partial charge in [0, 0.05) is 25.8 Å². The van der Waals surface area contributed by atoms with Gasteiger partial charge in [0.1, 0.15) is 18.0 Å². The SMILES string of the molecule is CNC1CC(Oc2ccc(S(C)(=O)=O)cc2)C1OC. The van der Waals surface area contributed by atoms with Crippen LogP contribution >= 0.6 is 0 Å². The van der Waals surface area contributed by atoms with E-state index in [1.54, 1.807) is 31.4 Å². The Balaban J connectivity index is 2.01. The van der Waals surface area contributed by atoms with E-state index < -0.39 is 9.84 Å². The molecule has 1 aromatic rings. The molecule has 0 amide bonds. The van der Waals surface area contributed by atoms with Crippen LogP contribution in [-0.4, -0.2) is 47.1 Å². The van der Waals surface area contributed by atoms with E-state index in [4.69, 9.17) is 9.47 Å². The van der Waals surface area contributed by atoms with Crippen LogP contribution in [0.1, 0.15) is 6.42 Å². The number of benzene rings is 1. The Hall–Kier alpha value is -1.11. The first kappa shape index (κ1) is 14.3. The minimum Gasteiger partial charge on any atom is -0.488 e. The predicted molar refractivity (Wildman–Crippen MR) is 72.2 cm³/mol. The quantitative estimate of drug-likeness (QED) is 0.868. The molecule has 1 N–H and O–H groups in total. The normalized spacial score (nSPS) is 26.8. The predicted octanol–water partition coefficient (Wildman–Crippen LogP) is 0.844. The first-order valence-corrected chi connectivity index (χ1v) is 8.01. The molecule has 1 fully saturated rings. The van der Waals surface area contributed by atoms with Gasteiger partial charge < -0.3 is 14.8 Å². The minimum atomic E-state index is -3.16. The van der Waals surface area contributed by atoms with E-state index >= 15 is 0 Å². The molecule has 0 radical (unpaired) electrons. The van der Waals surface area contributed by atoms with Crippen molar-refractivity contribution >= 4 is 9.84 Å². The molecule has 6 heteroatoms. The van der Waals surface area contributed by atoms with Gasteiger partial charge in [-0.15, -0.1) is 0 Å². The van der Waals surface area contributed by atoms with Crippen molar-refractivity contribution in [2.45, 2.75) is 29.6 Å². The second kappa shape index (κ2) is 5.48. The Kier molecular flexibility index (Phi) is 4.13. The van der Waals surface area contributed by atoms with Crippen molar-refractivity contribution in [2.75, 3.05) is 20.4 Å². The van der Waals surface area contributed by atoms with Crippen molar-refractivity contribution in [1.29, 1.82) is 0 Å². The summed E-state index contributed by atoms with van der Waals surface area (Å²) >= 11 is 0. The fourth-order valence-electron chi connectivity index (χ4n) is 2.24. The minimum absolute atomic E-state index is 0.00605. The van der Waals surface area contributed by atoms with Crippen molar-refractivity contribution in [3.8, 4) is 5.75 Å². The molecule has 0 aromatic heterocycles. The molecule has 3 atom stereocenters. The molecule has 0 aliphatic heterocycles. The maximum Gasteiger partial charge on any atom is 0.175 e. The number of methoxy groups -OCH3 is 1. The average molecular weight is 285 g/mol. The number of nitrogens with one attached hydrogen (secondary N) is 1. The van der Waals surface area contributed by atoms with Crippen LogP contribution in [0.5, 0.6) is 5.75 Å². The molecule has 1 aliphatic rings. The highest BCUT2D eigenvalue weighted by atomic mass is 32.2. The molecule has 106 valence electrons. The molecule has 1 aliphatic carbocycles. The monoisotopic (exact) mass is 285 g/mol. The fourth-order valence-corrected chi connectivity index (χ4v) is 2.87. The van der Waals surface area contributed by atoms with E-state index in [0.717, 1.165) is 6.42 Å². The smallest absolute Gasteiger partial charge is 0.175 e. The van der Waals surface area contributed by atoms with Crippen molar-refractivity contribution in [2.24, 2.45) is 0 Å². The highest BCUT2D eigenvalue weighted by molar-refractivity contribution is 7.90. The molecular weight excluding hydrogens is 266 g/mol. The van der Waals surface area contributed by atoms with Gasteiger partial charge in [-0.1, -0.05) is 0 Å². The Morgan fingerprint density at radius 3 is 2.37 bits per heavy atom. The molecule has 0 bridgehead atoms. The lowest BCUT2D eigenvalue weighted by molar-refractivity contribution is -0.0869. The van der Waals surface area contributed by atoms with Crippen LogP contribution in [0.2, 0.25) is 0 Å². The summed E-state index contributed by atoms with van der Waals surface area (Å²) in [5, 5.41) is 3.16. The maximum atomic E-state index is 11.3. The zero-order valence-corrected chi connectivity index (χ0v) is 12.1. The summed E-state index contributed by atoms with van der Waals surface area (Å²) in [5.41, 5.74) is 0. The van der Waals surface area contributed by atoms with Gasteiger partial charge in [0.15, 0.2) is 9.84 Å². The van der Waals surface area contributed by atoms with E-state index in [0.29, 0.717) is 16.7 Å². The van der Waals surface area contributed by atoms with Gasteiger partial charge in [0.05, 0.1) is 4.90 Å². The third-order valence-electron chi connectivity index (χ3n) is 3.43. The van der Waals surface area contributed by atoms with Crippen molar-refractivity contribution in [3.05, 3.63) is 24.3 Å². The summed E-state index contributed by atoms with van der Waals surface area (Å²) in [6, 6.07) is 6.78. The topological polar surface area (TPSA) is 64.6 Å². The van der Waals surface area contributed by atoms with E-state index in [-0.39, 0.29) is 12.2 Å². The lowest BCUT2D eigenvalue weighted by Crippen LogP contribution is -2.60. The largest absolute Gasteiger partial charge is 0.488 e. The van der Waals surface area contributed by atoms with Gasteiger partial charge in [-0.3, -0.25) is 0 Å². The number of ether oxygens (including phenoxy) is 2. The molecule has 0 saturated heterocycles. The van der Waals surface area contributed by atoms with Gasteiger partial charge in [0.25, 0.3) is 0 Å². The van der Waals surface area contributed by atoms with E-state index in [9.17, 15) is 8.42 Å². The molecule has 0 spiro atoms. The standard InChI is InChI=1S/C13H19NO4S/c1-14-11-8-12(13(11)17-2)18-9-4-6-10(7-5-9)19(3,15)16/h4-7,11-14H,8H2,1-3H3. The number of rotatable bonds is 5. The van der Waals surface area contributed by atoms with Gasteiger partial charge >= 0.3 is 0 Å². The summed E-state index contributed by atoms with van der Waals surface area (Å²) in [5.74, 6) is 0.661. The first-order chi connectivity index (χ1) is 8.95. The van der Waals surface area contributed by atoms with E-state index in [1.165, 1.54) is 6.26 Å². The third-order valence-corrected chi connectivity index (χ3v) is 4.56. The van der Waals surface area contributed by atoms with Crippen LogP contribution in [0, 0.1) is 0 Å². The lowest BCUT2D eigenvalue weighted by Gasteiger charge is -2.42. The Morgan fingerprint density at radius 2 is 1.89 bits per heavy atom. The maximum absolute atomic E-state index is 11.3. The summed E-state index contributed by atoms with van der Waals surface area (Å²) in [4.78, 5) is 0.296. The summed E-state index contributed by atoms with van der Waals surface area (Å²) in [6.07, 6.45) is 2.10. The molecule has 19 heavy (non-hydrogen) atoms. The zero-order valence-electron chi connectivity index (χ0n) is 11.3. The van der Waals surface area contributed by atoms with Gasteiger partial charge in [-0.25, -0.2) is 8.42 Å². The molecule has 1 saturated carbocycles. The zero-order chi connectivity index (χ0) is 14.0. The number of hydrogen-bond donors (Lipinski definition) is 1. The van der Waals surface area contributed by atoms with Gasteiger partial charge in [-0.05, 0) is 31.3 Å². The van der Waals surface area contributed by atoms with E-state index in [1.807, 2.05) is 7.05 Å². The lowest BCUT2D eigenvalue weighted by atomic mass is 9.85. The van der Waals surface area contributed by atoms with Gasteiger partial charge in [0.2, 0.25) is 0 Å². The number of sulfone groups is 1. The van der Waals surface area contributed by atoms with Crippen LogP contribution in [-0.2, 0) is 14.6 Å². The molecule has 0 heterocycles. The van der Waals surface area contributed by atoms with Crippen molar-refractivity contribution in [1.82, 2.24) is 5.32 Å². The van der Waals surface area contributed by atoms with Crippen LogP contribution < -0.4 is 10.1 Å². The van der Waals surface area contributed by atoms with Crippen LogP contribution in [0.25, 0.3) is 0 Å². The molecule has 5 nitrogen and oxygen atoms in total. The van der Waals surface area contributed by atoms with Gasteiger partial charge in [-0.2, -0.15) is 0 Å². The molecule has 3 unspecified atom stereocenters. The Bertz CT molecular complexity index is 526. The third kappa shape index (κ3) is 3.08. The number of hydrogen-bond acceptors (Lipinski definition) is 5. The molecule has 1 aromatic carbocycles. The van der Waals surface area contributed by atoms with Crippen molar-refractivity contribution in [3.63, 3.8) is 0 Å². The second-order valence-electron chi connectivity index (χ2n) is 4.73. The summed E-state index contributed by atoms with van der Waals surface area (Å²) in [6.45, 7) is 0. The van der Waals surface area contributed by atoms with Crippen LogP contribution in [0.4, 0.5) is 0 Å². The summed E-state index contributed by atoms with van der Waals surface area (Å²) in [7, 11) is 0.403. The van der Waals surface area contributed by atoms with E-state index in [2.05, 4.69) is 5.32 Å². The fraction of sp³-hybridized carbons (Fsp3) is 0.538. The van der Waals surface area contributed by atoms with Crippen LogP contribution in [0.3, 0.4) is 0 Å². The number of likely N-dealkylation sites (N-methyl/N-ethyl adjacent to an activating group) is 1. The Morgan fingerprint density at radius 1 is 1.26 bits per heavy atom. The van der Waals surface area contributed by atoms with Crippen LogP contribution in [0.15, 0.2) is 29.2 Å².